The van der Waals surface area contributed by atoms with Crippen LogP contribution in [0.3, 0.4) is 0 Å². The van der Waals surface area contributed by atoms with E-state index in [0.717, 1.165) is 31.9 Å². The highest BCUT2D eigenvalue weighted by Gasteiger charge is 2.15. The molecule has 0 N–H and O–H groups in total. The summed E-state index contributed by atoms with van der Waals surface area (Å²) in [5, 5.41) is 1.22. The minimum absolute atomic E-state index is 0.814. The molecule has 0 bridgehead atoms. The second kappa shape index (κ2) is 4.08. The van der Waals surface area contributed by atoms with Gasteiger partial charge in [0.15, 0.2) is 0 Å². The Morgan fingerprint density at radius 2 is 1.82 bits per heavy atom. The summed E-state index contributed by atoms with van der Waals surface area (Å²) in [6.07, 6.45) is 1.83. The van der Waals surface area contributed by atoms with Crippen molar-refractivity contribution in [1.29, 1.82) is 0 Å². The molecule has 1 fully saturated rings. The van der Waals surface area contributed by atoms with E-state index in [4.69, 9.17) is 9.15 Å². The fourth-order valence-electron chi connectivity index (χ4n) is 2.44. The Morgan fingerprint density at radius 3 is 2.59 bits per heavy atom. The molecule has 3 heteroatoms. The zero-order valence-corrected chi connectivity index (χ0v) is 10.3. The van der Waals surface area contributed by atoms with Crippen molar-refractivity contribution in [3.63, 3.8) is 0 Å². The third kappa shape index (κ3) is 1.80. The van der Waals surface area contributed by atoms with Crippen molar-refractivity contribution in [2.75, 3.05) is 31.2 Å². The molecule has 0 amide bonds. The van der Waals surface area contributed by atoms with Crippen molar-refractivity contribution < 1.29 is 9.15 Å². The van der Waals surface area contributed by atoms with Crippen LogP contribution in [-0.4, -0.2) is 26.3 Å². The van der Waals surface area contributed by atoms with Crippen LogP contribution in [0.2, 0.25) is 0 Å². The molecule has 0 spiro atoms. The van der Waals surface area contributed by atoms with Crippen LogP contribution in [0.25, 0.3) is 11.0 Å². The summed E-state index contributed by atoms with van der Waals surface area (Å²) in [5.41, 5.74) is 4.77. The molecule has 0 aliphatic carbocycles. The lowest BCUT2D eigenvalue weighted by Crippen LogP contribution is -2.36. The summed E-state index contributed by atoms with van der Waals surface area (Å²) in [7, 11) is 0. The van der Waals surface area contributed by atoms with E-state index in [1.807, 2.05) is 6.26 Å². The molecule has 2 aromatic rings. The van der Waals surface area contributed by atoms with Gasteiger partial charge in [0.25, 0.3) is 0 Å². The largest absolute Gasteiger partial charge is 0.464 e. The quantitative estimate of drug-likeness (QED) is 0.754. The van der Waals surface area contributed by atoms with Crippen LogP contribution in [0.1, 0.15) is 11.1 Å². The van der Waals surface area contributed by atoms with E-state index in [1.54, 1.807) is 0 Å². The molecule has 1 aromatic heterocycles. The van der Waals surface area contributed by atoms with Crippen molar-refractivity contribution in [2.24, 2.45) is 0 Å². The Hall–Kier alpha value is -1.48. The average molecular weight is 231 g/mol. The Balaban J connectivity index is 2.06. The summed E-state index contributed by atoms with van der Waals surface area (Å²) in [6.45, 7) is 7.80. The van der Waals surface area contributed by atoms with E-state index in [0.29, 0.717) is 0 Å². The number of anilines is 1. The molecular formula is C14H17NO2. The molecule has 0 saturated carbocycles. The number of hydrogen-bond donors (Lipinski definition) is 0. The van der Waals surface area contributed by atoms with Gasteiger partial charge in [0, 0.05) is 30.2 Å². The van der Waals surface area contributed by atoms with E-state index >= 15 is 0 Å². The number of fused-ring (bicyclic) bond motifs is 1. The van der Waals surface area contributed by atoms with Crippen LogP contribution >= 0.6 is 0 Å². The van der Waals surface area contributed by atoms with Crippen molar-refractivity contribution in [2.45, 2.75) is 13.8 Å². The summed E-state index contributed by atoms with van der Waals surface area (Å²) in [5.74, 6) is 0. The van der Waals surface area contributed by atoms with Crippen LogP contribution in [0, 0.1) is 13.8 Å². The average Bonchev–Trinajstić information content (AvgIpc) is 2.71. The molecule has 1 aromatic carbocycles. The summed E-state index contributed by atoms with van der Waals surface area (Å²) in [4.78, 5) is 2.37. The number of aryl methyl sites for hydroxylation is 2. The van der Waals surface area contributed by atoms with E-state index in [1.165, 1.54) is 22.2 Å². The number of hydrogen-bond acceptors (Lipinski definition) is 3. The normalized spacial score (nSPS) is 16.7. The van der Waals surface area contributed by atoms with E-state index < -0.39 is 0 Å². The fourth-order valence-corrected chi connectivity index (χ4v) is 2.44. The number of ether oxygens (including phenoxy) is 1. The molecule has 1 aliphatic heterocycles. The van der Waals surface area contributed by atoms with Gasteiger partial charge in [-0.05, 0) is 31.0 Å². The van der Waals surface area contributed by atoms with Crippen molar-refractivity contribution in [3.8, 4) is 0 Å². The summed E-state index contributed by atoms with van der Waals surface area (Å²) in [6, 6.07) is 4.38. The molecule has 0 unspecified atom stereocenters. The fraction of sp³-hybridized carbons (Fsp3) is 0.429. The predicted molar refractivity (Wildman–Crippen MR) is 68.7 cm³/mol. The zero-order valence-electron chi connectivity index (χ0n) is 10.3. The van der Waals surface area contributed by atoms with Crippen molar-refractivity contribution in [1.82, 2.24) is 0 Å². The second-order valence-corrected chi connectivity index (χ2v) is 4.65. The summed E-state index contributed by atoms with van der Waals surface area (Å²) >= 11 is 0. The number of rotatable bonds is 1. The van der Waals surface area contributed by atoms with Gasteiger partial charge in [-0.15, -0.1) is 0 Å². The number of benzene rings is 1. The minimum atomic E-state index is 0.814. The number of nitrogens with zero attached hydrogens (tertiary/aromatic N) is 1. The highest BCUT2D eigenvalue weighted by molar-refractivity contribution is 5.85. The SMILES string of the molecule is Cc1cc2c(C)coc2cc1N1CCOCC1. The molecule has 1 saturated heterocycles. The molecule has 1 aliphatic rings. The summed E-state index contributed by atoms with van der Waals surface area (Å²) < 4.78 is 11.0. The van der Waals surface area contributed by atoms with Crippen LogP contribution < -0.4 is 4.90 Å². The molecular weight excluding hydrogens is 214 g/mol. The lowest BCUT2D eigenvalue weighted by atomic mass is 10.1. The molecule has 3 nitrogen and oxygen atoms in total. The zero-order chi connectivity index (χ0) is 11.8. The standard InChI is InChI=1S/C14H17NO2/c1-10-7-12-11(2)9-17-14(12)8-13(10)15-3-5-16-6-4-15/h7-9H,3-6H2,1-2H3. The van der Waals surface area contributed by atoms with Gasteiger partial charge in [-0.2, -0.15) is 0 Å². The van der Waals surface area contributed by atoms with Crippen molar-refractivity contribution in [3.05, 3.63) is 29.5 Å². The molecule has 90 valence electrons. The predicted octanol–water partition coefficient (Wildman–Crippen LogP) is 2.89. The minimum Gasteiger partial charge on any atom is -0.464 e. The van der Waals surface area contributed by atoms with Crippen LogP contribution in [0.5, 0.6) is 0 Å². The van der Waals surface area contributed by atoms with Gasteiger partial charge in [-0.25, -0.2) is 0 Å². The van der Waals surface area contributed by atoms with E-state index in [2.05, 4.69) is 30.9 Å². The van der Waals surface area contributed by atoms with E-state index in [-0.39, 0.29) is 0 Å². The maximum Gasteiger partial charge on any atom is 0.136 e. The molecule has 17 heavy (non-hydrogen) atoms. The van der Waals surface area contributed by atoms with Gasteiger partial charge in [0.1, 0.15) is 5.58 Å². The molecule has 2 heterocycles. The van der Waals surface area contributed by atoms with Gasteiger partial charge in [0.05, 0.1) is 19.5 Å². The monoisotopic (exact) mass is 231 g/mol. The first-order valence-corrected chi connectivity index (χ1v) is 6.07. The third-order valence-corrected chi connectivity index (χ3v) is 3.44. The molecule has 3 rings (SSSR count). The first-order valence-electron chi connectivity index (χ1n) is 6.07. The maximum absolute atomic E-state index is 5.58. The van der Waals surface area contributed by atoms with Crippen LogP contribution in [0.4, 0.5) is 5.69 Å². The molecule has 0 radical (unpaired) electrons. The van der Waals surface area contributed by atoms with Gasteiger partial charge >= 0.3 is 0 Å². The van der Waals surface area contributed by atoms with Crippen LogP contribution in [0.15, 0.2) is 22.8 Å². The number of morpholine rings is 1. The Labute approximate surface area is 101 Å². The highest BCUT2D eigenvalue weighted by atomic mass is 16.5. The second-order valence-electron chi connectivity index (χ2n) is 4.65. The van der Waals surface area contributed by atoms with Gasteiger partial charge < -0.3 is 14.1 Å². The van der Waals surface area contributed by atoms with Gasteiger partial charge in [-0.1, -0.05) is 0 Å². The van der Waals surface area contributed by atoms with Gasteiger partial charge in [-0.3, -0.25) is 0 Å². The third-order valence-electron chi connectivity index (χ3n) is 3.44. The number of furan rings is 1. The lowest BCUT2D eigenvalue weighted by Gasteiger charge is -2.30. The van der Waals surface area contributed by atoms with E-state index in [9.17, 15) is 0 Å². The van der Waals surface area contributed by atoms with Crippen LogP contribution in [-0.2, 0) is 4.74 Å². The molecule has 0 atom stereocenters. The van der Waals surface area contributed by atoms with Crippen molar-refractivity contribution >= 4 is 16.7 Å². The maximum atomic E-state index is 5.58. The Kier molecular flexibility index (Phi) is 2.56. The Morgan fingerprint density at radius 1 is 1.06 bits per heavy atom. The Bertz CT molecular complexity index is 538. The first kappa shape index (κ1) is 10.7. The smallest absolute Gasteiger partial charge is 0.136 e. The highest BCUT2D eigenvalue weighted by Crippen LogP contribution is 2.29. The van der Waals surface area contributed by atoms with Gasteiger partial charge in [0.2, 0.25) is 0 Å². The first-order chi connectivity index (χ1) is 8.25. The topological polar surface area (TPSA) is 25.6 Å². The lowest BCUT2D eigenvalue weighted by molar-refractivity contribution is 0.122.